The second-order valence-electron chi connectivity index (χ2n) is 3.33. The molecule has 0 bridgehead atoms. The number of hydrogen-bond acceptors (Lipinski definition) is 2. The molecule has 2 rings (SSSR count). The second-order valence-corrected chi connectivity index (χ2v) is 3.77. The summed E-state index contributed by atoms with van der Waals surface area (Å²) in [6.45, 7) is 0. The number of nitrogens with zero attached hydrogens (tertiary/aromatic N) is 1. The standard InChI is InChI=1S/C13H10ClNO/c14-11-2-1-3-12(8-11)15-9-10-4-6-13(16)7-5-10/h1-9,16H/b15-9+. The lowest BCUT2D eigenvalue weighted by Crippen LogP contribution is -1.78. The van der Waals surface area contributed by atoms with Crippen LogP contribution in [0.4, 0.5) is 5.69 Å². The number of benzene rings is 2. The average molecular weight is 232 g/mol. The van der Waals surface area contributed by atoms with Crippen LogP contribution in [0, 0.1) is 0 Å². The van der Waals surface area contributed by atoms with E-state index in [1.54, 1.807) is 42.6 Å². The summed E-state index contributed by atoms with van der Waals surface area (Å²) in [7, 11) is 0. The molecule has 80 valence electrons. The van der Waals surface area contributed by atoms with Crippen LogP contribution >= 0.6 is 11.6 Å². The van der Waals surface area contributed by atoms with Crippen molar-refractivity contribution in [3.8, 4) is 5.75 Å². The van der Waals surface area contributed by atoms with Gasteiger partial charge in [0.05, 0.1) is 5.69 Å². The van der Waals surface area contributed by atoms with Gasteiger partial charge in [-0.15, -0.1) is 0 Å². The number of aliphatic imine (C=N–C) groups is 1. The van der Waals surface area contributed by atoms with Gasteiger partial charge in [0.25, 0.3) is 0 Å². The number of phenols is 1. The van der Waals surface area contributed by atoms with Crippen molar-refractivity contribution in [2.45, 2.75) is 0 Å². The Morgan fingerprint density at radius 2 is 1.81 bits per heavy atom. The van der Waals surface area contributed by atoms with Crippen LogP contribution < -0.4 is 0 Å². The van der Waals surface area contributed by atoms with E-state index in [1.165, 1.54) is 0 Å². The van der Waals surface area contributed by atoms with E-state index in [9.17, 15) is 0 Å². The highest BCUT2D eigenvalue weighted by Crippen LogP contribution is 2.17. The maximum Gasteiger partial charge on any atom is 0.115 e. The fourth-order valence-electron chi connectivity index (χ4n) is 1.27. The molecule has 0 saturated carbocycles. The Balaban J connectivity index is 2.18. The van der Waals surface area contributed by atoms with Crippen LogP contribution in [0.3, 0.4) is 0 Å². The quantitative estimate of drug-likeness (QED) is 0.784. The molecular weight excluding hydrogens is 222 g/mol. The molecule has 2 nitrogen and oxygen atoms in total. The molecule has 16 heavy (non-hydrogen) atoms. The highest BCUT2D eigenvalue weighted by atomic mass is 35.5. The van der Waals surface area contributed by atoms with E-state index in [2.05, 4.69) is 4.99 Å². The Bertz CT molecular complexity index is 506. The van der Waals surface area contributed by atoms with Crippen molar-refractivity contribution < 1.29 is 5.11 Å². The van der Waals surface area contributed by atoms with Gasteiger partial charge in [-0.1, -0.05) is 17.7 Å². The number of hydrogen-bond donors (Lipinski definition) is 1. The van der Waals surface area contributed by atoms with Gasteiger partial charge in [-0.3, -0.25) is 4.99 Å². The molecule has 0 heterocycles. The summed E-state index contributed by atoms with van der Waals surface area (Å²) in [4.78, 5) is 4.28. The Morgan fingerprint density at radius 1 is 1.06 bits per heavy atom. The number of rotatable bonds is 2. The van der Waals surface area contributed by atoms with Crippen molar-refractivity contribution in [3.63, 3.8) is 0 Å². The molecule has 2 aromatic carbocycles. The Kier molecular flexibility index (Phi) is 3.22. The first-order chi connectivity index (χ1) is 7.74. The van der Waals surface area contributed by atoms with E-state index in [1.807, 2.05) is 12.1 Å². The third-order valence-corrected chi connectivity index (χ3v) is 2.30. The topological polar surface area (TPSA) is 32.6 Å². The second kappa shape index (κ2) is 4.81. The summed E-state index contributed by atoms with van der Waals surface area (Å²) in [6.07, 6.45) is 1.73. The van der Waals surface area contributed by atoms with Gasteiger partial charge in [-0.2, -0.15) is 0 Å². The monoisotopic (exact) mass is 231 g/mol. The predicted molar refractivity (Wildman–Crippen MR) is 66.8 cm³/mol. The fourth-order valence-corrected chi connectivity index (χ4v) is 1.45. The van der Waals surface area contributed by atoms with Gasteiger partial charge in [0.1, 0.15) is 5.75 Å². The maximum absolute atomic E-state index is 9.12. The maximum atomic E-state index is 9.12. The van der Waals surface area contributed by atoms with E-state index in [4.69, 9.17) is 16.7 Å². The summed E-state index contributed by atoms with van der Waals surface area (Å²) < 4.78 is 0. The van der Waals surface area contributed by atoms with Crippen molar-refractivity contribution >= 4 is 23.5 Å². The molecule has 0 aromatic heterocycles. The number of phenolic OH excluding ortho intramolecular Hbond substituents is 1. The molecule has 2 aromatic rings. The minimum Gasteiger partial charge on any atom is -0.508 e. The number of halogens is 1. The molecule has 1 N–H and O–H groups in total. The lowest BCUT2D eigenvalue weighted by Gasteiger charge is -1.95. The van der Waals surface area contributed by atoms with Crippen molar-refractivity contribution in [2.24, 2.45) is 4.99 Å². The van der Waals surface area contributed by atoms with Crippen LogP contribution in [0.25, 0.3) is 0 Å². The van der Waals surface area contributed by atoms with Crippen LogP contribution in [-0.4, -0.2) is 11.3 Å². The zero-order valence-corrected chi connectivity index (χ0v) is 9.22. The molecule has 0 saturated heterocycles. The van der Waals surface area contributed by atoms with Crippen molar-refractivity contribution in [2.75, 3.05) is 0 Å². The summed E-state index contributed by atoms with van der Waals surface area (Å²) in [5.74, 6) is 0.250. The van der Waals surface area contributed by atoms with Crippen LogP contribution in [0.1, 0.15) is 5.56 Å². The van der Waals surface area contributed by atoms with Crippen molar-refractivity contribution in [1.82, 2.24) is 0 Å². The first kappa shape index (κ1) is 10.7. The molecule has 0 spiro atoms. The molecule has 0 aliphatic heterocycles. The number of aromatic hydroxyl groups is 1. The molecule has 0 unspecified atom stereocenters. The van der Waals surface area contributed by atoms with Crippen molar-refractivity contribution in [3.05, 3.63) is 59.1 Å². The third kappa shape index (κ3) is 2.84. The predicted octanol–water partition coefficient (Wildman–Crippen LogP) is 3.80. The largest absolute Gasteiger partial charge is 0.508 e. The highest BCUT2D eigenvalue weighted by Gasteiger charge is 1.91. The molecule has 0 atom stereocenters. The molecule has 3 heteroatoms. The molecular formula is C13H10ClNO. The van der Waals surface area contributed by atoms with Gasteiger partial charge in [-0.25, -0.2) is 0 Å². The van der Waals surface area contributed by atoms with E-state index in [-0.39, 0.29) is 5.75 Å². The first-order valence-corrected chi connectivity index (χ1v) is 5.20. The van der Waals surface area contributed by atoms with Crippen LogP contribution in [0.2, 0.25) is 5.02 Å². The van der Waals surface area contributed by atoms with E-state index < -0.39 is 0 Å². The van der Waals surface area contributed by atoms with Gasteiger partial charge < -0.3 is 5.11 Å². The lowest BCUT2D eigenvalue weighted by molar-refractivity contribution is 0.475. The summed E-state index contributed by atoms with van der Waals surface area (Å²) >= 11 is 5.84. The molecule has 0 fully saturated rings. The van der Waals surface area contributed by atoms with Crippen molar-refractivity contribution in [1.29, 1.82) is 0 Å². The minimum atomic E-state index is 0.250. The van der Waals surface area contributed by atoms with Gasteiger partial charge in [0, 0.05) is 11.2 Å². The average Bonchev–Trinajstić information content (AvgIpc) is 2.28. The Labute approximate surface area is 98.8 Å². The van der Waals surface area contributed by atoms with Gasteiger partial charge >= 0.3 is 0 Å². The highest BCUT2D eigenvalue weighted by molar-refractivity contribution is 6.30. The van der Waals surface area contributed by atoms with E-state index >= 15 is 0 Å². The first-order valence-electron chi connectivity index (χ1n) is 4.83. The fraction of sp³-hybridized carbons (Fsp3) is 0. The van der Waals surface area contributed by atoms with E-state index in [0.29, 0.717) is 5.02 Å². The van der Waals surface area contributed by atoms with Crippen LogP contribution in [0.5, 0.6) is 5.75 Å². The summed E-state index contributed by atoms with van der Waals surface area (Å²) in [5.41, 5.74) is 1.73. The van der Waals surface area contributed by atoms with Crippen LogP contribution in [0.15, 0.2) is 53.5 Å². The Morgan fingerprint density at radius 3 is 2.50 bits per heavy atom. The summed E-state index contributed by atoms with van der Waals surface area (Å²) in [5, 5.41) is 9.78. The third-order valence-electron chi connectivity index (χ3n) is 2.06. The summed E-state index contributed by atoms with van der Waals surface area (Å²) in [6, 6.07) is 14.2. The lowest BCUT2D eigenvalue weighted by atomic mass is 10.2. The molecule has 0 radical (unpaired) electrons. The molecule has 0 aliphatic carbocycles. The van der Waals surface area contributed by atoms with Gasteiger partial charge in [0.2, 0.25) is 0 Å². The molecule has 0 aliphatic rings. The minimum absolute atomic E-state index is 0.250. The van der Waals surface area contributed by atoms with Gasteiger partial charge in [-0.05, 0) is 48.0 Å². The van der Waals surface area contributed by atoms with Gasteiger partial charge in [0.15, 0.2) is 0 Å². The zero-order chi connectivity index (χ0) is 11.4. The molecule has 0 amide bonds. The SMILES string of the molecule is Oc1ccc(/C=N/c2cccc(Cl)c2)cc1. The normalized spacial score (nSPS) is 10.8. The smallest absolute Gasteiger partial charge is 0.115 e. The van der Waals surface area contributed by atoms with Crippen LogP contribution in [-0.2, 0) is 0 Å². The van der Waals surface area contributed by atoms with E-state index in [0.717, 1.165) is 11.3 Å². The Hall–Kier alpha value is -1.80. The zero-order valence-electron chi connectivity index (χ0n) is 8.47.